The first-order valence-corrected chi connectivity index (χ1v) is 6.36. The Balaban J connectivity index is 1.93. The first kappa shape index (κ1) is 13.5. The molecule has 0 aromatic heterocycles. The van der Waals surface area contributed by atoms with Crippen LogP contribution in [0.5, 0.6) is 0 Å². The van der Waals surface area contributed by atoms with Gasteiger partial charge in [0.2, 0.25) is 5.91 Å². The number of hydrogen-bond donors (Lipinski definition) is 2. The third kappa shape index (κ3) is 3.79. The number of carbonyl (C=O) groups excluding carboxylic acids is 1. The van der Waals surface area contributed by atoms with Crippen molar-refractivity contribution in [3.8, 4) is 0 Å². The smallest absolute Gasteiger partial charge is 0.309 e. The molecule has 1 fully saturated rings. The van der Waals surface area contributed by atoms with Crippen molar-refractivity contribution in [2.75, 3.05) is 11.9 Å². The number of aliphatic carboxylic acids is 1. The molecule has 1 amide bonds. The van der Waals surface area contributed by atoms with Crippen molar-refractivity contribution in [3.05, 3.63) is 30.3 Å². The number of carboxylic acid groups (broad SMARTS) is 1. The minimum atomic E-state index is -0.977. The summed E-state index contributed by atoms with van der Waals surface area (Å²) < 4.78 is 5.37. The van der Waals surface area contributed by atoms with Crippen LogP contribution in [0.25, 0.3) is 0 Å². The van der Waals surface area contributed by atoms with E-state index in [-0.39, 0.29) is 18.4 Å². The van der Waals surface area contributed by atoms with E-state index in [9.17, 15) is 14.7 Å². The Morgan fingerprint density at radius 1 is 1.37 bits per heavy atom. The van der Waals surface area contributed by atoms with Crippen LogP contribution >= 0.6 is 0 Å². The van der Waals surface area contributed by atoms with Gasteiger partial charge < -0.3 is 15.2 Å². The van der Waals surface area contributed by atoms with Gasteiger partial charge in [0.05, 0.1) is 12.0 Å². The minimum absolute atomic E-state index is 0.0606. The van der Waals surface area contributed by atoms with Gasteiger partial charge in [0.1, 0.15) is 0 Å². The van der Waals surface area contributed by atoms with Crippen LogP contribution < -0.4 is 5.32 Å². The fraction of sp³-hybridized carbons (Fsp3) is 0.429. The van der Waals surface area contributed by atoms with Crippen molar-refractivity contribution < 1.29 is 19.4 Å². The molecule has 1 aliphatic heterocycles. The highest BCUT2D eigenvalue weighted by Gasteiger charge is 2.33. The van der Waals surface area contributed by atoms with Crippen molar-refractivity contribution in [3.63, 3.8) is 0 Å². The number of para-hydroxylation sites is 1. The van der Waals surface area contributed by atoms with Crippen LogP contribution in [0.1, 0.15) is 19.3 Å². The Morgan fingerprint density at radius 3 is 2.68 bits per heavy atom. The second-order valence-electron chi connectivity index (χ2n) is 4.61. The molecule has 1 saturated heterocycles. The van der Waals surface area contributed by atoms with E-state index in [0.717, 1.165) is 6.42 Å². The summed E-state index contributed by atoms with van der Waals surface area (Å²) in [4.78, 5) is 23.1. The van der Waals surface area contributed by atoms with Gasteiger partial charge in [-0.05, 0) is 25.0 Å². The summed E-state index contributed by atoms with van der Waals surface area (Å²) in [6, 6.07) is 9.00. The second kappa shape index (κ2) is 6.33. The average molecular weight is 263 g/mol. The maximum atomic E-state index is 11.9. The van der Waals surface area contributed by atoms with E-state index in [1.807, 2.05) is 18.2 Å². The molecule has 1 heterocycles. The summed E-state index contributed by atoms with van der Waals surface area (Å²) in [5.41, 5.74) is 0.670. The van der Waals surface area contributed by atoms with E-state index in [1.165, 1.54) is 0 Å². The van der Waals surface area contributed by atoms with E-state index in [4.69, 9.17) is 4.74 Å². The molecule has 19 heavy (non-hydrogen) atoms. The molecule has 0 aliphatic carbocycles. The van der Waals surface area contributed by atoms with Gasteiger partial charge in [-0.15, -0.1) is 0 Å². The lowest BCUT2D eigenvalue weighted by molar-refractivity contribution is -0.148. The first-order valence-electron chi connectivity index (χ1n) is 6.36. The van der Waals surface area contributed by atoms with Gasteiger partial charge in [0.15, 0.2) is 0 Å². The van der Waals surface area contributed by atoms with Gasteiger partial charge in [0, 0.05) is 18.7 Å². The standard InChI is InChI=1S/C14H17NO4/c16-13(15-10-5-2-1-3-6-10)9-11(14(17)18)12-7-4-8-19-12/h1-3,5-6,11-12H,4,7-9H2,(H,15,16)(H,17,18)/t11-,12+/m1/s1. The topological polar surface area (TPSA) is 75.6 Å². The van der Waals surface area contributed by atoms with Gasteiger partial charge in [-0.2, -0.15) is 0 Å². The fourth-order valence-corrected chi connectivity index (χ4v) is 2.23. The van der Waals surface area contributed by atoms with Gasteiger partial charge in [-0.1, -0.05) is 18.2 Å². The highest BCUT2D eigenvalue weighted by atomic mass is 16.5. The molecule has 1 aliphatic rings. The second-order valence-corrected chi connectivity index (χ2v) is 4.61. The molecule has 5 nitrogen and oxygen atoms in total. The zero-order chi connectivity index (χ0) is 13.7. The van der Waals surface area contributed by atoms with Crippen molar-refractivity contribution >= 4 is 17.6 Å². The van der Waals surface area contributed by atoms with Crippen molar-refractivity contribution in [1.29, 1.82) is 0 Å². The van der Waals surface area contributed by atoms with Crippen molar-refractivity contribution in [2.45, 2.75) is 25.4 Å². The lowest BCUT2D eigenvalue weighted by Crippen LogP contribution is -2.31. The van der Waals surface area contributed by atoms with Crippen LogP contribution in [0.15, 0.2) is 30.3 Å². The molecular formula is C14H17NO4. The van der Waals surface area contributed by atoms with Gasteiger partial charge in [0.25, 0.3) is 0 Å². The van der Waals surface area contributed by atoms with Crippen LogP contribution in [0, 0.1) is 5.92 Å². The summed E-state index contributed by atoms with van der Waals surface area (Å²) in [5.74, 6) is -2.05. The highest BCUT2D eigenvalue weighted by molar-refractivity contribution is 5.93. The normalized spacial score (nSPS) is 19.9. The number of carbonyl (C=O) groups is 2. The largest absolute Gasteiger partial charge is 0.481 e. The summed E-state index contributed by atoms with van der Waals surface area (Å²) in [6.07, 6.45) is 1.15. The number of rotatable bonds is 5. The molecule has 0 radical (unpaired) electrons. The zero-order valence-corrected chi connectivity index (χ0v) is 10.5. The van der Waals surface area contributed by atoms with Gasteiger partial charge in [-0.25, -0.2) is 0 Å². The molecule has 2 rings (SSSR count). The summed E-state index contributed by atoms with van der Waals surface area (Å²) in [7, 11) is 0. The Morgan fingerprint density at radius 2 is 2.11 bits per heavy atom. The maximum absolute atomic E-state index is 11.9. The van der Waals surface area contributed by atoms with E-state index in [1.54, 1.807) is 12.1 Å². The number of carboxylic acids is 1. The predicted molar refractivity (Wildman–Crippen MR) is 69.8 cm³/mol. The molecule has 0 bridgehead atoms. The Bertz CT molecular complexity index is 440. The Labute approximate surface area is 111 Å². The molecule has 0 spiro atoms. The van der Waals surface area contributed by atoms with E-state index in [2.05, 4.69) is 5.32 Å². The fourth-order valence-electron chi connectivity index (χ4n) is 2.23. The van der Waals surface area contributed by atoms with Crippen LogP contribution in [0.4, 0.5) is 5.69 Å². The molecule has 1 aromatic carbocycles. The molecule has 102 valence electrons. The molecule has 2 N–H and O–H groups in total. The molecule has 5 heteroatoms. The number of benzene rings is 1. The van der Waals surface area contributed by atoms with E-state index < -0.39 is 11.9 Å². The summed E-state index contributed by atoms with van der Waals surface area (Å²) >= 11 is 0. The molecule has 0 saturated carbocycles. The third-order valence-electron chi connectivity index (χ3n) is 3.19. The van der Waals surface area contributed by atoms with Gasteiger partial charge in [-0.3, -0.25) is 9.59 Å². The van der Waals surface area contributed by atoms with E-state index in [0.29, 0.717) is 18.7 Å². The van der Waals surface area contributed by atoms with Crippen molar-refractivity contribution in [2.24, 2.45) is 5.92 Å². The quantitative estimate of drug-likeness (QED) is 0.850. The summed E-state index contributed by atoms with van der Waals surface area (Å²) in [5, 5.41) is 11.9. The predicted octanol–water partition coefficient (Wildman–Crippen LogP) is 1.90. The lowest BCUT2D eigenvalue weighted by atomic mass is 9.96. The number of amides is 1. The Hall–Kier alpha value is -1.88. The monoisotopic (exact) mass is 263 g/mol. The Kier molecular flexibility index (Phi) is 4.52. The first-order chi connectivity index (χ1) is 9.16. The number of anilines is 1. The highest BCUT2D eigenvalue weighted by Crippen LogP contribution is 2.23. The van der Waals surface area contributed by atoms with Crippen LogP contribution in [-0.4, -0.2) is 29.7 Å². The average Bonchev–Trinajstić information content (AvgIpc) is 2.90. The SMILES string of the molecule is O=C(C[C@@H](C(=O)O)[C@@H]1CCCO1)Nc1ccccc1. The number of nitrogens with one attached hydrogen (secondary N) is 1. The van der Waals surface area contributed by atoms with Crippen LogP contribution in [0.2, 0.25) is 0 Å². The van der Waals surface area contributed by atoms with Crippen molar-refractivity contribution in [1.82, 2.24) is 0 Å². The van der Waals surface area contributed by atoms with Gasteiger partial charge >= 0.3 is 5.97 Å². The molecule has 1 aromatic rings. The molecule has 0 unspecified atom stereocenters. The number of hydrogen-bond acceptors (Lipinski definition) is 3. The van der Waals surface area contributed by atoms with Crippen LogP contribution in [0.3, 0.4) is 0 Å². The summed E-state index contributed by atoms with van der Waals surface area (Å²) in [6.45, 7) is 0.578. The molecule has 2 atom stereocenters. The third-order valence-corrected chi connectivity index (χ3v) is 3.19. The maximum Gasteiger partial charge on any atom is 0.309 e. The number of ether oxygens (including phenoxy) is 1. The lowest BCUT2D eigenvalue weighted by Gasteiger charge is -2.18. The molecular weight excluding hydrogens is 246 g/mol. The minimum Gasteiger partial charge on any atom is -0.481 e. The van der Waals surface area contributed by atoms with E-state index >= 15 is 0 Å². The van der Waals surface area contributed by atoms with Crippen LogP contribution in [-0.2, 0) is 14.3 Å². The zero-order valence-electron chi connectivity index (χ0n) is 10.5.